The first-order chi connectivity index (χ1) is 7.75. The lowest BCUT2D eigenvalue weighted by molar-refractivity contribution is 0.0951. The molecule has 2 aromatic rings. The third kappa shape index (κ3) is 2.73. The van der Waals surface area contributed by atoms with Crippen molar-refractivity contribution in [3.8, 4) is 0 Å². The third-order valence-electron chi connectivity index (χ3n) is 2.20. The van der Waals surface area contributed by atoms with E-state index in [0.29, 0.717) is 12.1 Å². The summed E-state index contributed by atoms with van der Waals surface area (Å²) in [6, 6.07) is 9.25. The van der Waals surface area contributed by atoms with E-state index in [0.717, 1.165) is 10.0 Å². The number of carbonyl (C=O) groups excluding carboxylic acids is 1. The fraction of sp³-hybridized carbons (Fsp3) is 0.0833. The van der Waals surface area contributed by atoms with Crippen LogP contribution < -0.4 is 5.32 Å². The molecule has 0 saturated heterocycles. The van der Waals surface area contributed by atoms with Crippen LogP contribution in [0.4, 0.5) is 0 Å². The lowest BCUT2D eigenvalue weighted by Crippen LogP contribution is -2.22. The summed E-state index contributed by atoms with van der Waals surface area (Å²) in [5.74, 6) is -0.0671. The van der Waals surface area contributed by atoms with E-state index in [1.165, 1.54) is 0 Å². The van der Waals surface area contributed by atoms with Crippen molar-refractivity contribution in [2.75, 3.05) is 0 Å². The van der Waals surface area contributed by atoms with Gasteiger partial charge in [-0.1, -0.05) is 22.0 Å². The smallest absolute Gasteiger partial charge is 0.251 e. The van der Waals surface area contributed by atoms with E-state index >= 15 is 0 Å². The Morgan fingerprint density at radius 1 is 1.38 bits per heavy atom. The number of hydrogen-bond acceptors (Lipinski definition) is 1. The monoisotopic (exact) mass is 278 g/mol. The summed E-state index contributed by atoms with van der Waals surface area (Å²) in [5.41, 5.74) is 1.72. The molecule has 0 fully saturated rings. The number of aromatic nitrogens is 1. The number of hydrogen-bond donors (Lipinski definition) is 2. The van der Waals surface area contributed by atoms with Crippen molar-refractivity contribution in [2.45, 2.75) is 6.54 Å². The zero-order valence-electron chi connectivity index (χ0n) is 8.53. The molecule has 3 nitrogen and oxygen atoms in total. The van der Waals surface area contributed by atoms with Gasteiger partial charge in [-0.3, -0.25) is 4.79 Å². The number of rotatable bonds is 3. The summed E-state index contributed by atoms with van der Waals surface area (Å²) in [7, 11) is 0. The van der Waals surface area contributed by atoms with E-state index < -0.39 is 0 Å². The SMILES string of the molecule is O=C(NCc1cc[nH]c1)c1cccc(Br)c1. The molecular formula is C12H11BrN2O. The predicted octanol–water partition coefficient (Wildman–Crippen LogP) is 2.71. The highest BCUT2D eigenvalue weighted by atomic mass is 79.9. The van der Waals surface area contributed by atoms with Gasteiger partial charge in [0, 0.05) is 29.0 Å². The zero-order chi connectivity index (χ0) is 11.4. The molecule has 0 atom stereocenters. The molecule has 0 radical (unpaired) electrons. The maximum absolute atomic E-state index is 11.7. The van der Waals surface area contributed by atoms with E-state index in [-0.39, 0.29) is 5.91 Å². The van der Waals surface area contributed by atoms with Crippen LogP contribution in [0.3, 0.4) is 0 Å². The molecule has 1 aromatic carbocycles. The van der Waals surface area contributed by atoms with Gasteiger partial charge >= 0.3 is 0 Å². The van der Waals surface area contributed by atoms with Crippen molar-refractivity contribution in [3.63, 3.8) is 0 Å². The fourth-order valence-corrected chi connectivity index (χ4v) is 1.78. The normalized spacial score (nSPS) is 10.1. The van der Waals surface area contributed by atoms with Crippen LogP contribution >= 0.6 is 15.9 Å². The molecule has 1 aromatic heterocycles. The van der Waals surface area contributed by atoms with Crippen molar-refractivity contribution in [1.29, 1.82) is 0 Å². The van der Waals surface area contributed by atoms with Crippen LogP contribution in [0.5, 0.6) is 0 Å². The average Bonchev–Trinajstić information content (AvgIpc) is 2.78. The van der Waals surface area contributed by atoms with Gasteiger partial charge in [-0.05, 0) is 29.8 Å². The minimum Gasteiger partial charge on any atom is -0.367 e. The number of aromatic amines is 1. The Labute approximate surface area is 102 Å². The topological polar surface area (TPSA) is 44.9 Å². The molecule has 1 amide bonds. The Kier molecular flexibility index (Phi) is 3.41. The van der Waals surface area contributed by atoms with Crippen LogP contribution in [-0.4, -0.2) is 10.9 Å². The molecule has 82 valence electrons. The molecule has 0 aliphatic rings. The van der Waals surface area contributed by atoms with Crippen molar-refractivity contribution in [3.05, 3.63) is 58.3 Å². The molecular weight excluding hydrogens is 268 g/mol. The lowest BCUT2D eigenvalue weighted by Gasteiger charge is -2.03. The van der Waals surface area contributed by atoms with Gasteiger partial charge in [0.2, 0.25) is 0 Å². The quantitative estimate of drug-likeness (QED) is 0.891. The van der Waals surface area contributed by atoms with Crippen LogP contribution in [0.2, 0.25) is 0 Å². The minimum absolute atomic E-state index is 0.0671. The van der Waals surface area contributed by atoms with Gasteiger partial charge in [0.05, 0.1) is 0 Å². The first kappa shape index (κ1) is 11.0. The number of carbonyl (C=O) groups is 1. The van der Waals surface area contributed by atoms with Crippen molar-refractivity contribution in [1.82, 2.24) is 10.3 Å². The second-order valence-electron chi connectivity index (χ2n) is 3.41. The molecule has 0 aliphatic carbocycles. The Morgan fingerprint density at radius 2 is 2.25 bits per heavy atom. The summed E-state index contributed by atoms with van der Waals surface area (Å²) in [6.45, 7) is 0.537. The van der Waals surface area contributed by atoms with Gasteiger partial charge in [-0.25, -0.2) is 0 Å². The highest BCUT2D eigenvalue weighted by Gasteiger charge is 2.05. The van der Waals surface area contributed by atoms with Gasteiger partial charge in [-0.15, -0.1) is 0 Å². The molecule has 2 N–H and O–H groups in total. The van der Waals surface area contributed by atoms with Crippen LogP contribution in [0, 0.1) is 0 Å². The van der Waals surface area contributed by atoms with Gasteiger partial charge < -0.3 is 10.3 Å². The number of nitrogens with one attached hydrogen (secondary N) is 2. The second kappa shape index (κ2) is 4.99. The van der Waals surface area contributed by atoms with Crippen LogP contribution in [0.25, 0.3) is 0 Å². The van der Waals surface area contributed by atoms with Crippen molar-refractivity contribution < 1.29 is 4.79 Å². The van der Waals surface area contributed by atoms with E-state index in [2.05, 4.69) is 26.2 Å². The third-order valence-corrected chi connectivity index (χ3v) is 2.70. The first-order valence-corrected chi connectivity index (χ1v) is 5.70. The zero-order valence-corrected chi connectivity index (χ0v) is 10.1. The second-order valence-corrected chi connectivity index (χ2v) is 4.33. The lowest BCUT2D eigenvalue weighted by atomic mass is 10.2. The predicted molar refractivity (Wildman–Crippen MR) is 66.1 cm³/mol. The molecule has 16 heavy (non-hydrogen) atoms. The highest BCUT2D eigenvalue weighted by molar-refractivity contribution is 9.10. The molecule has 0 bridgehead atoms. The van der Waals surface area contributed by atoms with E-state index in [1.807, 2.05) is 30.6 Å². The molecule has 0 unspecified atom stereocenters. The van der Waals surface area contributed by atoms with Crippen LogP contribution in [-0.2, 0) is 6.54 Å². The standard InChI is InChI=1S/C12H11BrN2O/c13-11-3-1-2-10(6-11)12(16)15-8-9-4-5-14-7-9/h1-7,14H,8H2,(H,15,16). The Balaban J connectivity index is 1.98. The van der Waals surface area contributed by atoms with Crippen molar-refractivity contribution >= 4 is 21.8 Å². The van der Waals surface area contributed by atoms with E-state index in [4.69, 9.17) is 0 Å². The molecule has 0 spiro atoms. The number of benzene rings is 1. The fourth-order valence-electron chi connectivity index (χ4n) is 1.38. The average molecular weight is 279 g/mol. The number of amides is 1. The van der Waals surface area contributed by atoms with Crippen molar-refractivity contribution in [2.24, 2.45) is 0 Å². The summed E-state index contributed by atoms with van der Waals surface area (Å²) in [4.78, 5) is 14.7. The molecule has 0 aliphatic heterocycles. The maximum atomic E-state index is 11.7. The van der Waals surface area contributed by atoms with E-state index in [9.17, 15) is 4.79 Å². The summed E-state index contributed by atoms with van der Waals surface area (Å²) < 4.78 is 0.904. The Bertz CT molecular complexity index is 480. The highest BCUT2D eigenvalue weighted by Crippen LogP contribution is 2.11. The molecule has 4 heteroatoms. The maximum Gasteiger partial charge on any atom is 0.251 e. The summed E-state index contributed by atoms with van der Waals surface area (Å²) in [6.07, 6.45) is 3.70. The molecule has 2 rings (SSSR count). The number of halogens is 1. The van der Waals surface area contributed by atoms with E-state index in [1.54, 1.807) is 12.1 Å². The van der Waals surface area contributed by atoms with Gasteiger partial charge in [-0.2, -0.15) is 0 Å². The van der Waals surface area contributed by atoms with Gasteiger partial charge in [0.1, 0.15) is 0 Å². The minimum atomic E-state index is -0.0671. The largest absolute Gasteiger partial charge is 0.367 e. The summed E-state index contributed by atoms with van der Waals surface area (Å²) >= 11 is 3.34. The first-order valence-electron chi connectivity index (χ1n) is 4.91. The molecule has 0 saturated carbocycles. The van der Waals surface area contributed by atoms with Gasteiger partial charge in [0.15, 0.2) is 0 Å². The van der Waals surface area contributed by atoms with Crippen LogP contribution in [0.15, 0.2) is 47.2 Å². The van der Waals surface area contributed by atoms with Crippen LogP contribution in [0.1, 0.15) is 15.9 Å². The Hall–Kier alpha value is -1.55. The Morgan fingerprint density at radius 3 is 2.94 bits per heavy atom. The van der Waals surface area contributed by atoms with Gasteiger partial charge in [0.25, 0.3) is 5.91 Å². The number of H-pyrrole nitrogens is 1. The summed E-state index contributed by atoms with van der Waals surface area (Å²) in [5, 5.41) is 2.85. The molecule has 1 heterocycles.